The van der Waals surface area contributed by atoms with Gasteiger partial charge in [0.2, 0.25) is 0 Å². The second-order valence-corrected chi connectivity index (χ2v) is 10.3. The molecule has 0 aliphatic carbocycles. The number of benzene rings is 3. The molecule has 0 radical (unpaired) electrons. The Balaban J connectivity index is 1.39. The van der Waals surface area contributed by atoms with E-state index in [1.165, 1.54) is 0 Å². The van der Waals surface area contributed by atoms with Crippen molar-refractivity contribution < 1.29 is 13.2 Å². The van der Waals surface area contributed by atoms with Gasteiger partial charge in [-0.25, -0.2) is 8.42 Å². The van der Waals surface area contributed by atoms with Crippen molar-refractivity contribution in [3.8, 4) is 0 Å². The summed E-state index contributed by atoms with van der Waals surface area (Å²) in [7, 11) is -3.70. The molecule has 1 heterocycles. The largest absolute Gasteiger partial charge is 0.368 e. The first-order chi connectivity index (χ1) is 15.7. The number of amides is 1. The van der Waals surface area contributed by atoms with Gasteiger partial charge in [0.15, 0.2) is 0 Å². The van der Waals surface area contributed by atoms with Crippen molar-refractivity contribution in [2.24, 2.45) is 0 Å². The third-order valence-corrected chi connectivity index (χ3v) is 7.53. The molecule has 33 heavy (non-hydrogen) atoms. The van der Waals surface area contributed by atoms with Crippen LogP contribution in [-0.4, -0.2) is 45.4 Å². The Kier molecular flexibility index (Phi) is 6.63. The smallest absolute Gasteiger partial charge is 0.261 e. The van der Waals surface area contributed by atoms with Crippen molar-refractivity contribution in [3.05, 3.63) is 88.4 Å². The van der Waals surface area contributed by atoms with Gasteiger partial charge in [0.05, 0.1) is 4.90 Å². The van der Waals surface area contributed by atoms with Crippen LogP contribution in [0.3, 0.4) is 0 Å². The van der Waals surface area contributed by atoms with Crippen LogP contribution in [0.1, 0.15) is 21.5 Å². The van der Waals surface area contributed by atoms with E-state index in [9.17, 15) is 13.2 Å². The number of aryl methyl sites for hydroxylation is 2. The van der Waals surface area contributed by atoms with Crippen LogP contribution in [0.4, 0.5) is 11.4 Å². The van der Waals surface area contributed by atoms with Crippen molar-refractivity contribution >= 4 is 38.9 Å². The molecule has 8 heteroatoms. The molecule has 0 bridgehead atoms. The Morgan fingerprint density at radius 1 is 0.879 bits per heavy atom. The zero-order valence-corrected chi connectivity index (χ0v) is 20.2. The average molecular weight is 484 g/mol. The van der Waals surface area contributed by atoms with Crippen LogP contribution in [0.2, 0.25) is 5.02 Å². The molecule has 3 aromatic carbocycles. The minimum atomic E-state index is -3.70. The van der Waals surface area contributed by atoms with Gasteiger partial charge in [0.1, 0.15) is 0 Å². The second kappa shape index (κ2) is 9.45. The number of anilines is 2. The van der Waals surface area contributed by atoms with Gasteiger partial charge in [-0.1, -0.05) is 23.7 Å². The van der Waals surface area contributed by atoms with Gasteiger partial charge in [-0.15, -0.1) is 0 Å². The number of halogens is 1. The Morgan fingerprint density at radius 3 is 2.21 bits per heavy atom. The number of hydrogen-bond donors (Lipinski definition) is 1. The number of rotatable bonds is 5. The van der Waals surface area contributed by atoms with Crippen LogP contribution >= 0.6 is 11.6 Å². The Hall–Kier alpha value is -3.03. The highest BCUT2D eigenvalue weighted by Gasteiger charge is 2.23. The van der Waals surface area contributed by atoms with Crippen LogP contribution in [0.5, 0.6) is 0 Å². The zero-order chi connectivity index (χ0) is 23.6. The number of nitrogens with one attached hydrogen (secondary N) is 1. The van der Waals surface area contributed by atoms with E-state index < -0.39 is 10.0 Å². The quantitative estimate of drug-likeness (QED) is 0.570. The number of nitrogens with zero attached hydrogens (tertiary/aromatic N) is 2. The lowest BCUT2D eigenvalue weighted by atomic mass is 10.1. The summed E-state index contributed by atoms with van der Waals surface area (Å²) in [6.07, 6.45) is 0. The van der Waals surface area contributed by atoms with E-state index in [1.807, 2.05) is 43.0 Å². The van der Waals surface area contributed by atoms with Crippen LogP contribution < -0.4 is 9.62 Å². The molecule has 1 N–H and O–H groups in total. The summed E-state index contributed by atoms with van der Waals surface area (Å²) in [5.74, 6) is -0.0655. The average Bonchev–Trinajstić information content (AvgIpc) is 2.81. The van der Waals surface area contributed by atoms with Gasteiger partial charge >= 0.3 is 0 Å². The number of sulfonamides is 1. The number of hydrogen-bond acceptors (Lipinski definition) is 4. The van der Waals surface area contributed by atoms with Gasteiger partial charge in [-0.05, 0) is 79.6 Å². The summed E-state index contributed by atoms with van der Waals surface area (Å²) >= 11 is 6.09. The van der Waals surface area contributed by atoms with E-state index >= 15 is 0 Å². The molecule has 1 saturated heterocycles. The molecule has 0 atom stereocenters. The lowest BCUT2D eigenvalue weighted by Crippen LogP contribution is -2.48. The third-order valence-electron chi connectivity index (χ3n) is 5.91. The fraction of sp³-hybridized carbons (Fsp3) is 0.240. The molecule has 1 fully saturated rings. The number of carbonyl (C=O) groups is 1. The van der Waals surface area contributed by atoms with E-state index in [2.05, 4.69) is 9.62 Å². The first-order valence-electron chi connectivity index (χ1n) is 10.7. The highest BCUT2D eigenvalue weighted by Crippen LogP contribution is 2.22. The summed E-state index contributed by atoms with van der Waals surface area (Å²) in [6.45, 7) is 6.47. The van der Waals surface area contributed by atoms with Crippen molar-refractivity contribution in [3.63, 3.8) is 0 Å². The van der Waals surface area contributed by atoms with Crippen LogP contribution in [0, 0.1) is 13.8 Å². The first kappa shape index (κ1) is 23.1. The molecule has 1 amide bonds. The maximum absolute atomic E-state index is 12.9. The zero-order valence-electron chi connectivity index (χ0n) is 18.6. The molecule has 3 aromatic rings. The van der Waals surface area contributed by atoms with E-state index in [4.69, 9.17) is 11.6 Å². The molecule has 6 nitrogen and oxygen atoms in total. The molecular weight excluding hydrogens is 458 g/mol. The van der Waals surface area contributed by atoms with Gasteiger partial charge in [0, 0.05) is 48.1 Å². The predicted octanol–water partition coefficient (Wildman–Crippen LogP) is 4.72. The molecule has 1 aliphatic rings. The SMILES string of the molecule is Cc1ccc(S(=O)(=O)Nc2ccc(C(=O)N3CCN(c4cccc(Cl)c4)CC3)cc2)cc1C. The van der Waals surface area contributed by atoms with Gasteiger partial charge in [-0.2, -0.15) is 0 Å². The normalized spacial score (nSPS) is 14.3. The van der Waals surface area contributed by atoms with Gasteiger partial charge < -0.3 is 9.80 Å². The van der Waals surface area contributed by atoms with E-state index in [-0.39, 0.29) is 10.8 Å². The maximum Gasteiger partial charge on any atom is 0.261 e. The molecule has 4 rings (SSSR count). The van der Waals surface area contributed by atoms with E-state index in [1.54, 1.807) is 42.5 Å². The first-order valence-corrected chi connectivity index (χ1v) is 12.6. The Bertz CT molecular complexity index is 1270. The second-order valence-electron chi connectivity index (χ2n) is 8.19. The van der Waals surface area contributed by atoms with Crippen molar-refractivity contribution in [1.82, 2.24) is 4.90 Å². The van der Waals surface area contributed by atoms with Crippen molar-refractivity contribution in [1.29, 1.82) is 0 Å². The summed E-state index contributed by atoms with van der Waals surface area (Å²) in [5, 5.41) is 0.694. The summed E-state index contributed by atoms with van der Waals surface area (Å²) < 4.78 is 28.0. The van der Waals surface area contributed by atoms with Crippen molar-refractivity contribution in [2.45, 2.75) is 18.7 Å². The van der Waals surface area contributed by atoms with Crippen LogP contribution in [0.25, 0.3) is 0 Å². The van der Waals surface area contributed by atoms with Gasteiger partial charge in [-0.3, -0.25) is 9.52 Å². The van der Waals surface area contributed by atoms with Crippen LogP contribution in [-0.2, 0) is 10.0 Å². The lowest BCUT2D eigenvalue weighted by Gasteiger charge is -2.36. The Morgan fingerprint density at radius 2 is 1.58 bits per heavy atom. The van der Waals surface area contributed by atoms with Crippen molar-refractivity contribution in [2.75, 3.05) is 35.8 Å². The maximum atomic E-state index is 12.9. The Labute approximate surface area is 199 Å². The monoisotopic (exact) mass is 483 g/mol. The van der Waals surface area contributed by atoms with Gasteiger partial charge in [0.25, 0.3) is 15.9 Å². The fourth-order valence-electron chi connectivity index (χ4n) is 3.80. The molecule has 0 aromatic heterocycles. The highest BCUT2D eigenvalue weighted by molar-refractivity contribution is 7.92. The van der Waals surface area contributed by atoms with E-state index in [0.29, 0.717) is 29.4 Å². The summed E-state index contributed by atoms with van der Waals surface area (Å²) in [4.78, 5) is 17.2. The number of piperazine rings is 1. The lowest BCUT2D eigenvalue weighted by molar-refractivity contribution is 0.0747. The molecule has 1 aliphatic heterocycles. The molecule has 172 valence electrons. The predicted molar refractivity (Wildman–Crippen MR) is 133 cm³/mol. The fourth-order valence-corrected chi connectivity index (χ4v) is 5.13. The number of carbonyl (C=O) groups excluding carboxylic acids is 1. The molecular formula is C25H26ClN3O3S. The standard InChI is InChI=1S/C25H26ClN3O3S/c1-18-6-11-24(16-19(18)2)33(31,32)27-22-9-7-20(8-10-22)25(30)29-14-12-28(13-15-29)23-5-3-4-21(26)17-23/h3-11,16-17,27H,12-15H2,1-2H3. The van der Waals surface area contributed by atoms with Crippen LogP contribution in [0.15, 0.2) is 71.6 Å². The molecule has 0 spiro atoms. The third kappa shape index (κ3) is 5.31. The van der Waals surface area contributed by atoms with E-state index in [0.717, 1.165) is 29.9 Å². The summed E-state index contributed by atoms with van der Waals surface area (Å²) in [6, 6.07) is 19.3. The highest BCUT2D eigenvalue weighted by atomic mass is 35.5. The minimum Gasteiger partial charge on any atom is -0.368 e. The molecule has 0 unspecified atom stereocenters. The minimum absolute atomic E-state index is 0.0655. The topological polar surface area (TPSA) is 69.7 Å². The molecule has 0 saturated carbocycles. The summed E-state index contributed by atoms with van der Waals surface area (Å²) in [5.41, 5.74) is 3.94.